The third kappa shape index (κ3) is 2.08. The molecule has 0 aromatic rings. The molecular weight excluding hydrogens is 284 g/mol. The van der Waals surface area contributed by atoms with Crippen molar-refractivity contribution >= 4 is 11.9 Å². The summed E-state index contributed by atoms with van der Waals surface area (Å²) in [6.07, 6.45) is 1.53. The maximum absolute atomic E-state index is 12.3. The average Bonchev–Trinajstić information content (AvgIpc) is 2.80. The zero-order valence-electron chi connectivity index (χ0n) is 13.8. The molecule has 3 fully saturated rings. The summed E-state index contributed by atoms with van der Waals surface area (Å²) in [5.41, 5.74) is -0.467. The first-order valence-electron chi connectivity index (χ1n) is 8.20. The van der Waals surface area contributed by atoms with E-state index in [9.17, 15) is 14.7 Å². The predicted molar refractivity (Wildman–Crippen MR) is 78.7 cm³/mol. The summed E-state index contributed by atoms with van der Waals surface area (Å²) in [6, 6.07) is 0. The van der Waals surface area contributed by atoms with Crippen molar-refractivity contribution in [3.8, 4) is 0 Å². The molecule has 22 heavy (non-hydrogen) atoms. The van der Waals surface area contributed by atoms with E-state index in [1.165, 1.54) is 6.92 Å². The number of carbonyl (C=O) groups excluding carboxylic acids is 2. The van der Waals surface area contributed by atoms with Crippen molar-refractivity contribution in [3.05, 3.63) is 0 Å². The molecule has 2 aliphatic carbocycles. The molecule has 5 heteroatoms. The minimum absolute atomic E-state index is 0.0881. The Hall–Kier alpha value is -1.10. The highest BCUT2D eigenvalue weighted by atomic mass is 16.5. The summed E-state index contributed by atoms with van der Waals surface area (Å²) in [6.45, 7) is 8.11. The molecule has 3 rings (SSSR count). The van der Waals surface area contributed by atoms with Crippen molar-refractivity contribution in [2.24, 2.45) is 28.6 Å². The lowest BCUT2D eigenvalue weighted by Crippen LogP contribution is -2.60. The van der Waals surface area contributed by atoms with Crippen molar-refractivity contribution in [2.45, 2.75) is 59.2 Å². The maximum Gasteiger partial charge on any atom is 0.310 e. The lowest BCUT2D eigenvalue weighted by Gasteiger charge is -2.59. The number of aliphatic hydroxyl groups excluding tert-OH is 1. The normalized spacial score (nSPS) is 46.4. The van der Waals surface area contributed by atoms with Gasteiger partial charge in [-0.2, -0.15) is 0 Å². The summed E-state index contributed by atoms with van der Waals surface area (Å²) in [7, 11) is 0. The Balaban J connectivity index is 1.96. The smallest absolute Gasteiger partial charge is 0.310 e. The zero-order valence-corrected chi connectivity index (χ0v) is 13.8. The van der Waals surface area contributed by atoms with E-state index in [-0.39, 0.29) is 46.6 Å². The van der Waals surface area contributed by atoms with Crippen molar-refractivity contribution in [2.75, 3.05) is 6.61 Å². The number of fused-ring (bicyclic) bond motifs is 3. The van der Waals surface area contributed by atoms with E-state index in [2.05, 4.69) is 20.8 Å². The van der Waals surface area contributed by atoms with Gasteiger partial charge in [0.05, 0.1) is 18.6 Å². The van der Waals surface area contributed by atoms with E-state index in [0.29, 0.717) is 13.0 Å². The molecule has 0 radical (unpaired) electrons. The molecule has 0 aromatic heterocycles. The van der Waals surface area contributed by atoms with Crippen LogP contribution in [-0.4, -0.2) is 35.9 Å². The number of hydrogen-bond acceptors (Lipinski definition) is 5. The molecule has 5 nitrogen and oxygen atoms in total. The number of hydrogen-bond donors (Lipinski definition) is 1. The Labute approximate surface area is 131 Å². The van der Waals surface area contributed by atoms with Crippen LogP contribution in [0.1, 0.15) is 47.0 Å². The van der Waals surface area contributed by atoms with Gasteiger partial charge in [0, 0.05) is 18.3 Å². The zero-order chi connectivity index (χ0) is 16.3. The van der Waals surface area contributed by atoms with Crippen molar-refractivity contribution in [1.29, 1.82) is 0 Å². The summed E-state index contributed by atoms with van der Waals surface area (Å²) < 4.78 is 10.8. The first-order chi connectivity index (χ1) is 10.2. The second-order valence-electron chi connectivity index (χ2n) is 8.09. The van der Waals surface area contributed by atoms with Crippen LogP contribution in [0.4, 0.5) is 0 Å². The summed E-state index contributed by atoms with van der Waals surface area (Å²) in [4.78, 5) is 23.7. The molecule has 0 unspecified atom stereocenters. The fourth-order valence-electron chi connectivity index (χ4n) is 5.47. The molecular formula is C17H26O5. The van der Waals surface area contributed by atoms with Gasteiger partial charge in [0.1, 0.15) is 6.10 Å². The van der Waals surface area contributed by atoms with Crippen LogP contribution in [0.2, 0.25) is 0 Å². The molecule has 0 aromatic carbocycles. The highest BCUT2D eigenvalue weighted by Crippen LogP contribution is 2.62. The number of ether oxygens (including phenoxy) is 2. The van der Waals surface area contributed by atoms with Gasteiger partial charge in [-0.3, -0.25) is 9.59 Å². The Bertz CT molecular complexity index is 499. The topological polar surface area (TPSA) is 72.8 Å². The molecule has 1 N–H and O–H groups in total. The Morgan fingerprint density at radius 1 is 1.36 bits per heavy atom. The first kappa shape index (κ1) is 15.8. The molecule has 1 aliphatic heterocycles. The molecule has 0 bridgehead atoms. The van der Waals surface area contributed by atoms with Gasteiger partial charge in [-0.05, 0) is 30.6 Å². The Morgan fingerprint density at radius 3 is 2.68 bits per heavy atom. The average molecular weight is 310 g/mol. The highest BCUT2D eigenvalue weighted by Gasteiger charge is 2.64. The lowest BCUT2D eigenvalue weighted by atomic mass is 9.45. The van der Waals surface area contributed by atoms with Gasteiger partial charge in [-0.15, -0.1) is 0 Å². The summed E-state index contributed by atoms with van der Waals surface area (Å²) in [5, 5.41) is 10.5. The number of cyclic esters (lactones) is 1. The van der Waals surface area contributed by atoms with Gasteiger partial charge in [0.2, 0.25) is 0 Å². The van der Waals surface area contributed by atoms with Gasteiger partial charge in [-0.1, -0.05) is 20.8 Å². The molecule has 1 heterocycles. The molecule has 0 spiro atoms. The van der Waals surface area contributed by atoms with Crippen LogP contribution in [0.25, 0.3) is 0 Å². The van der Waals surface area contributed by atoms with Crippen LogP contribution in [-0.2, 0) is 19.1 Å². The number of esters is 2. The first-order valence-corrected chi connectivity index (χ1v) is 8.20. The standard InChI is InChI=1S/C17H26O5/c1-9(18)22-13-5-6-17(4)12(16(13,2)3)7-11(19)10-8-21-15(20)14(10)17/h10-14,19H,5-8H2,1-4H3/t10-,11-,12+,13-,14+,17-/m0/s1. The van der Waals surface area contributed by atoms with E-state index < -0.39 is 6.10 Å². The molecule has 1 saturated heterocycles. The molecule has 3 aliphatic rings. The van der Waals surface area contributed by atoms with Crippen molar-refractivity contribution in [1.82, 2.24) is 0 Å². The SMILES string of the molecule is CC(=O)O[C@H]1CC[C@@]2(C)[C@H](C[C@H](O)[C@@H]3COC(=O)[C@@H]32)C1(C)C. The summed E-state index contributed by atoms with van der Waals surface area (Å²) in [5.74, 6) is -0.636. The molecule has 124 valence electrons. The van der Waals surface area contributed by atoms with E-state index in [0.717, 1.165) is 12.8 Å². The minimum Gasteiger partial charge on any atom is -0.465 e. The minimum atomic E-state index is -0.523. The van der Waals surface area contributed by atoms with E-state index in [1.54, 1.807) is 0 Å². The quantitative estimate of drug-likeness (QED) is 0.749. The monoisotopic (exact) mass is 310 g/mol. The fourth-order valence-corrected chi connectivity index (χ4v) is 5.47. The van der Waals surface area contributed by atoms with E-state index in [4.69, 9.17) is 9.47 Å². The Kier molecular flexibility index (Phi) is 3.55. The largest absolute Gasteiger partial charge is 0.465 e. The molecule has 6 atom stereocenters. The fraction of sp³-hybridized carbons (Fsp3) is 0.882. The molecule has 0 amide bonds. The predicted octanol–water partition coefficient (Wildman–Crippen LogP) is 1.91. The molecule has 2 saturated carbocycles. The third-order valence-corrected chi connectivity index (χ3v) is 6.56. The Morgan fingerprint density at radius 2 is 2.05 bits per heavy atom. The van der Waals surface area contributed by atoms with Gasteiger partial charge in [-0.25, -0.2) is 0 Å². The summed E-state index contributed by atoms with van der Waals surface area (Å²) >= 11 is 0. The van der Waals surface area contributed by atoms with Crippen molar-refractivity contribution in [3.63, 3.8) is 0 Å². The van der Waals surface area contributed by atoms with E-state index in [1.807, 2.05) is 0 Å². The van der Waals surface area contributed by atoms with Crippen LogP contribution in [0.3, 0.4) is 0 Å². The van der Waals surface area contributed by atoms with Crippen LogP contribution < -0.4 is 0 Å². The highest BCUT2D eigenvalue weighted by molar-refractivity contribution is 5.76. The second-order valence-corrected chi connectivity index (χ2v) is 8.09. The van der Waals surface area contributed by atoms with Gasteiger partial charge in [0.15, 0.2) is 0 Å². The van der Waals surface area contributed by atoms with Gasteiger partial charge in [0.25, 0.3) is 0 Å². The van der Waals surface area contributed by atoms with Crippen LogP contribution in [0, 0.1) is 28.6 Å². The van der Waals surface area contributed by atoms with E-state index >= 15 is 0 Å². The van der Waals surface area contributed by atoms with Crippen LogP contribution in [0.15, 0.2) is 0 Å². The third-order valence-electron chi connectivity index (χ3n) is 6.56. The van der Waals surface area contributed by atoms with Gasteiger partial charge < -0.3 is 14.6 Å². The number of aliphatic hydroxyl groups is 1. The van der Waals surface area contributed by atoms with Crippen LogP contribution in [0.5, 0.6) is 0 Å². The lowest BCUT2D eigenvalue weighted by molar-refractivity contribution is -0.193. The van der Waals surface area contributed by atoms with Crippen molar-refractivity contribution < 1.29 is 24.2 Å². The maximum atomic E-state index is 12.3. The van der Waals surface area contributed by atoms with Crippen LogP contribution >= 0.6 is 0 Å². The second kappa shape index (κ2) is 4.95. The number of rotatable bonds is 1. The number of carbonyl (C=O) groups is 2. The van der Waals surface area contributed by atoms with Gasteiger partial charge >= 0.3 is 11.9 Å².